The van der Waals surface area contributed by atoms with Crippen LogP contribution in [0.3, 0.4) is 0 Å². The van der Waals surface area contributed by atoms with Crippen LogP contribution in [0.5, 0.6) is 0 Å². The lowest BCUT2D eigenvalue weighted by Crippen LogP contribution is -1.95. The van der Waals surface area contributed by atoms with Crippen LogP contribution in [0, 0.1) is 0 Å². The summed E-state index contributed by atoms with van der Waals surface area (Å²) < 4.78 is 2.48. The van der Waals surface area contributed by atoms with Crippen molar-refractivity contribution in [3.8, 4) is 39.1 Å². The van der Waals surface area contributed by atoms with E-state index in [1.807, 2.05) is 0 Å². The Hall–Kier alpha value is -6.18. The zero-order valence-corrected chi connectivity index (χ0v) is 25.5. The molecule has 1 aliphatic carbocycles. The third-order valence-corrected chi connectivity index (χ3v) is 10.4. The van der Waals surface area contributed by atoms with E-state index in [2.05, 4.69) is 168 Å². The predicted octanol–water partition coefficient (Wildman–Crippen LogP) is 12.7. The van der Waals surface area contributed by atoms with E-state index >= 15 is 0 Å². The monoisotopic (exact) mass is 593 g/mol. The maximum atomic E-state index is 2.48. The number of benzene rings is 9. The third-order valence-electron chi connectivity index (χ3n) is 10.4. The van der Waals surface area contributed by atoms with Crippen molar-refractivity contribution in [2.75, 3.05) is 0 Å². The Balaban J connectivity index is 1.12. The summed E-state index contributed by atoms with van der Waals surface area (Å²) >= 11 is 0. The lowest BCUT2D eigenvalue weighted by Gasteiger charge is -2.13. The normalized spacial score (nSPS) is 12.3. The van der Waals surface area contributed by atoms with Crippen LogP contribution in [-0.2, 0) is 0 Å². The SMILES string of the molecule is c1ccc2c(c1)-c1cccc3cc(-c4ccc5cc(-n6c7ccccc7c7c8ccccc8c8ccccc8c76)ccc5c4)cc-2c13. The molecule has 0 bridgehead atoms. The summed E-state index contributed by atoms with van der Waals surface area (Å²) in [6.07, 6.45) is 0. The number of hydrogen-bond donors (Lipinski definition) is 0. The topological polar surface area (TPSA) is 4.93 Å². The van der Waals surface area contributed by atoms with E-state index in [9.17, 15) is 0 Å². The van der Waals surface area contributed by atoms with Crippen molar-refractivity contribution in [3.05, 3.63) is 164 Å². The maximum absolute atomic E-state index is 2.48. The van der Waals surface area contributed by atoms with Crippen molar-refractivity contribution in [1.29, 1.82) is 0 Å². The van der Waals surface area contributed by atoms with Crippen molar-refractivity contribution in [2.45, 2.75) is 0 Å². The molecular formula is C46H27N. The molecule has 10 aromatic rings. The number of rotatable bonds is 2. The van der Waals surface area contributed by atoms with Gasteiger partial charge in [-0.2, -0.15) is 0 Å². The number of nitrogens with zero attached hydrogens (tertiary/aromatic N) is 1. The summed E-state index contributed by atoms with van der Waals surface area (Å²) in [6.45, 7) is 0. The maximum Gasteiger partial charge on any atom is 0.0625 e. The number of para-hydroxylation sites is 1. The molecule has 11 rings (SSSR count). The molecule has 0 saturated carbocycles. The van der Waals surface area contributed by atoms with Gasteiger partial charge in [-0.3, -0.25) is 0 Å². The summed E-state index contributed by atoms with van der Waals surface area (Å²) in [4.78, 5) is 0. The smallest absolute Gasteiger partial charge is 0.0625 e. The molecule has 0 unspecified atom stereocenters. The molecule has 0 atom stereocenters. The van der Waals surface area contributed by atoms with Crippen molar-refractivity contribution in [3.63, 3.8) is 0 Å². The number of hydrogen-bond acceptors (Lipinski definition) is 0. The molecule has 0 saturated heterocycles. The first kappa shape index (κ1) is 25.1. The molecule has 1 heterocycles. The molecule has 0 fully saturated rings. The van der Waals surface area contributed by atoms with Crippen LogP contribution in [0.1, 0.15) is 0 Å². The van der Waals surface area contributed by atoms with Gasteiger partial charge in [0.05, 0.1) is 11.0 Å². The van der Waals surface area contributed by atoms with Gasteiger partial charge in [0.25, 0.3) is 0 Å². The molecule has 216 valence electrons. The summed E-state index contributed by atoms with van der Waals surface area (Å²) in [5.41, 5.74) is 11.5. The largest absolute Gasteiger partial charge is 0.309 e. The van der Waals surface area contributed by atoms with Crippen molar-refractivity contribution >= 4 is 64.9 Å². The zero-order valence-electron chi connectivity index (χ0n) is 25.5. The first-order valence-corrected chi connectivity index (χ1v) is 16.4. The van der Waals surface area contributed by atoms with E-state index in [1.165, 1.54) is 104 Å². The second kappa shape index (κ2) is 9.19. The minimum Gasteiger partial charge on any atom is -0.309 e. The van der Waals surface area contributed by atoms with E-state index in [0.717, 1.165) is 0 Å². The fraction of sp³-hybridized carbons (Fsp3) is 0. The number of fused-ring (bicyclic) bond motifs is 12. The Morgan fingerprint density at radius 1 is 0.319 bits per heavy atom. The highest BCUT2D eigenvalue weighted by Crippen LogP contribution is 2.49. The van der Waals surface area contributed by atoms with Gasteiger partial charge >= 0.3 is 0 Å². The molecule has 0 aliphatic heterocycles. The molecule has 47 heavy (non-hydrogen) atoms. The van der Waals surface area contributed by atoms with E-state index in [-0.39, 0.29) is 0 Å². The zero-order chi connectivity index (χ0) is 30.6. The molecule has 1 aromatic heterocycles. The predicted molar refractivity (Wildman–Crippen MR) is 201 cm³/mol. The third kappa shape index (κ3) is 3.38. The summed E-state index contributed by atoms with van der Waals surface area (Å²) in [7, 11) is 0. The fourth-order valence-electron chi connectivity index (χ4n) is 8.43. The summed E-state index contributed by atoms with van der Waals surface area (Å²) in [5, 5.41) is 12.9. The highest BCUT2D eigenvalue weighted by atomic mass is 15.0. The lowest BCUT2D eigenvalue weighted by atomic mass is 9.95. The number of aromatic nitrogens is 1. The fourth-order valence-corrected chi connectivity index (χ4v) is 8.43. The highest BCUT2D eigenvalue weighted by Gasteiger charge is 2.22. The van der Waals surface area contributed by atoms with Gasteiger partial charge in [0.15, 0.2) is 0 Å². The first-order valence-electron chi connectivity index (χ1n) is 16.4. The Morgan fingerprint density at radius 3 is 1.79 bits per heavy atom. The van der Waals surface area contributed by atoms with Crippen LogP contribution in [0.2, 0.25) is 0 Å². The molecule has 0 amide bonds. The van der Waals surface area contributed by atoms with E-state index < -0.39 is 0 Å². The molecule has 0 spiro atoms. The van der Waals surface area contributed by atoms with Crippen LogP contribution in [0.25, 0.3) is 104 Å². The van der Waals surface area contributed by atoms with Crippen LogP contribution < -0.4 is 0 Å². The average molecular weight is 594 g/mol. The standard InChI is InChI=1S/C46H27N/c1-2-14-37-35(12-1)38-18-9-10-31-25-32(27-42(37)44(31)38)29-20-21-30-26-33(23-22-28(30)24-29)47-43-19-8-7-17-41(43)45-39-15-5-3-11-34(39)36-13-4-6-16-40(36)46(45)47/h1-27H. The van der Waals surface area contributed by atoms with Gasteiger partial charge in [-0.25, -0.2) is 0 Å². The average Bonchev–Trinajstić information content (AvgIpc) is 3.66. The van der Waals surface area contributed by atoms with Gasteiger partial charge < -0.3 is 4.57 Å². The van der Waals surface area contributed by atoms with Crippen molar-refractivity contribution in [2.24, 2.45) is 0 Å². The van der Waals surface area contributed by atoms with Gasteiger partial charge in [-0.15, -0.1) is 0 Å². The van der Waals surface area contributed by atoms with Gasteiger partial charge in [0, 0.05) is 21.8 Å². The molecule has 0 N–H and O–H groups in total. The van der Waals surface area contributed by atoms with Crippen LogP contribution >= 0.6 is 0 Å². The minimum atomic E-state index is 1.18. The lowest BCUT2D eigenvalue weighted by molar-refractivity contribution is 1.19. The first-order chi connectivity index (χ1) is 23.3. The molecule has 1 aliphatic rings. The Bertz CT molecular complexity index is 2960. The van der Waals surface area contributed by atoms with Crippen molar-refractivity contribution < 1.29 is 0 Å². The van der Waals surface area contributed by atoms with Gasteiger partial charge in [0.1, 0.15) is 0 Å². The summed E-state index contributed by atoms with van der Waals surface area (Å²) in [6, 6.07) is 60.7. The van der Waals surface area contributed by atoms with Gasteiger partial charge in [0.2, 0.25) is 0 Å². The van der Waals surface area contributed by atoms with Gasteiger partial charge in [-0.05, 0) is 107 Å². The van der Waals surface area contributed by atoms with Gasteiger partial charge in [-0.1, -0.05) is 127 Å². The van der Waals surface area contributed by atoms with E-state index in [0.29, 0.717) is 0 Å². The molecule has 1 heteroatoms. The molecule has 0 radical (unpaired) electrons. The molecule has 9 aromatic carbocycles. The Labute approximate surface area is 271 Å². The summed E-state index contributed by atoms with van der Waals surface area (Å²) in [5.74, 6) is 0. The van der Waals surface area contributed by atoms with Crippen molar-refractivity contribution in [1.82, 2.24) is 4.57 Å². The molecular weight excluding hydrogens is 567 g/mol. The van der Waals surface area contributed by atoms with E-state index in [1.54, 1.807) is 0 Å². The Kier molecular flexibility index (Phi) is 4.90. The Morgan fingerprint density at radius 2 is 0.936 bits per heavy atom. The van der Waals surface area contributed by atoms with Crippen LogP contribution in [0.15, 0.2) is 164 Å². The quantitative estimate of drug-likeness (QED) is 0.176. The minimum absolute atomic E-state index is 1.18. The van der Waals surface area contributed by atoms with Crippen LogP contribution in [0.4, 0.5) is 0 Å². The van der Waals surface area contributed by atoms with Crippen LogP contribution in [-0.4, -0.2) is 4.57 Å². The highest BCUT2D eigenvalue weighted by molar-refractivity contribution is 6.32. The second-order valence-electron chi connectivity index (χ2n) is 12.9. The van der Waals surface area contributed by atoms with E-state index in [4.69, 9.17) is 0 Å². The second-order valence-corrected chi connectivity index (χ2v) is 12.9. The molecule has 1 nitrogen and oxygen atoms in total.